The van der Waals surface area contributed by atoms with Crippen molar-refractivity contribution in [2.24, 2.45) is 17.3 Å². The Balaban J connectivity index is 0.915. The molecule has 3 aromatic rings. The molecule has 2 aliphatic heterocycles. The summed E-state index contributed by atoms with van der Waals surface area (Å²) in [6, 6.07) is 17.9. The molecule has 2 aliphatic carbocycles. The van der Waals surface area contributed by atoms with Gasteiger partial charge in [-0.05, 0) is 130 Å². The maximum absolute atomic E-state index is 13.3. The highest BCUT2D eigenvalue weighted by Crippen LogP contribution is 2.49. The molecule has 0 radical (unpaired) electrons. The molecule has 8 heteroatoms. The molecule has 0 saturated heterocycles. The summed E-state index contributed by atoms with van der Waals surface area (Å²) >= 11 is 0. The standard InChI is InChI=1S/C39H42N2O6/c1-23-6-5-7-26(20-23)41-37(44)32-19-17-30(22-34(32)38(41)45)47-28-14-10-25(11-15-28)39(2,3)24-8-12-27(13-9-24)46-29-16-18-31-33(21-29)36(43)40(4)35(31)42/h5-7,16-22,24-25,27-28H,8-15H2,1-4H3. The van der Waals surface area contributed by atoms with Crippen LogP contribution in [-0.4, -0.2) is 47.8 Å². The maximum Gasteiger partial charge on any atom is 0.266 e. The first-order valence-corrected chi connectivity index (χ1v) is 16.9. The minimum absolute atomic E-state index is 0.0820. The Kier molecular flexibility index (Phi) is 7.93. The Labute approximate surface area is 276 Å². The first kappa shape index (κ1) is 31.2. The van der Waals surface area contributed by atoms with E-state index < -0.39 is 0 Å². The van der Waals surface area contributed by atoms with E-state index in [0.29, 0.717) is 51.3 Å². The molecule has 0 unspecified atom stereocenters. The van der Waals surface area contributed by atoms with Gasteiger partial charge in [-0.15, -0.1) is 0 Å². The molecule has 0 aromatic heterocycles. The Morgan fingerprint density at radius 3 is 1.60 bits per heavy atom. The van der Waals surface area contributed by atoms with E-state index in [2.05, 4.69) is 13.8 Å². The van der Waals surface area contributed by atoms with E-state index in [9.17, 15) is 19.2 Å². The second-order valence-electron chi connectivity index (χ2n) is 14.4. The van der Waals surface area contributed by atoms with Crippen molar-refractivity contribution in [1.82, 2.24) is 4.90 Å². The van der Waals surface area contributed by atoms with E-state index in [4.69, 9.17) is 9.47 Å². The molecule has 0 bridgehead atoms. The predicted octanol–water partition coefficient (Wildman–Crippen LogP) is 7.62. The maximum atomic E-state index is 13.3. The van der Waals surface area contributed by atoms with Gasteiger partial charge in [0.15, 0.2) is 0 Å². The van der Waals surface area contributed by atoms with Crippen molar-refractivity contribution in [2.75, 3.05) is 11.9 Å². The Hall–Kier alpha value is -4.46. The molecule has 244 valence electrons. The fourth-order valence-corrected chi connectivity index (χ4v) is 8.28. The van der Waals surface area contributed by atoms with Crippen LogP contribution in [0.3, 0.4) is 0 Å². The summed E-state index contributed by atoms with van der Waals surface area (Å²) in [5, 5.41) is 0. The minimum atomic E-state index is -0.307. The summed E-state index contributed by atoms with van der Waals surface area (Å²) in [6.45, 7) is 6.79. The molecule has 2 fully saturated rings. The van der Waals surface area contributed by atoms with Crippen LogP contribution in [0.1, 0.15) is 112 Å². The van der Waals surface area contributed by atoms with Crippen molar-refractivity contribution in [3.05, 3.63) is 88.5 Å². The molecule has 0 atom stereocenters. The van der Waals surface area contributed by atoms with E-state index >= 15 is 0 Å². The summed E-state index contributed by atoms with van der Waals surface area (Å²) in [5.74, 6) is 1.37. The van der Waals surface area contributed by atoms with Gasteiger partial charge in [-0.2, -0.15) is 0 Å². The Morgan fingerprint density at radius 1 is 0.596 bits per heavy atom. The lowest BCUT2D eigenvalue weighted by atomic mass is 9.60. The SMILES string of the molecule is Cc1cccc(N2C(=O)c3ccc(OC4CCC(C(C)(C)C5CCC(Oc6ccc7c(c6)C(=O)N(C)C7=O)CC5)CC4)cc3C2=O)c1. The van der Waals surface area contributed by atoms with Crippen molar-refractivity contribution < 1.29 is 28.7 Å². The second-order valence-corrected chi connectivity index (χ2v) is 14.4. The highest BCUT2D eigenvalue weighted by molar-refractivity contribution is 6.34. The van der Waals surface area contributed by atoms with Crippen LogP contribution in [0.2, 0.25) is 0 Å². The van der Waals surface area contributed by atoms with Gasteiger partial charge in [0, 0.05) is 7.05 Å². The lowest BCUT2D eigenvalue weighted by molar-refractivity contribution is 0.0111. The highest BCUT2D eigenvalue weighted by Gasteiger charge is 2.42. The zero-order valence-electron chi connectivity index (χ0n) is 27.6. The molecule has 0 spiro atoms. The van der Waals surface area contributed by atoms with Gasteiger partial charge >= 0.3 is 0 Å². The summed E-state index contributed by atoms with van der Waals surface area (Å²) < 4.78 is 12.7. The number of hydrogen-bond donors (Lipinski definition) is 0. The van der Waals surface area contributed by atoms with Gasteiger partial charge in [-0.1, -0.05) is 26.0 Å². The fraction of sp³-hybridized carbons (Fsp3) is 0.436. The molecule has 7 rings (SSSR count). The largest absolute Gasteiger partial charge is 0.490 e. The molecule has 2 heterocycles. The second kappa shape index (κ2) is 12.0. The van der Waals surface area contributed by atoms with Crippen molar-refractivity contribution >= 4 is 29.3 Å². The molecule has 2 saturated carbocycles. The summed E-state index contributed by atoms with van der Waals surface area (Å²) in [4.78, 5) is 53.4. The molecular weight excluding hydrogens is 592 g/mol. The lowest BCUT2D eigenvalue weighted by Crippen LogP contribution is -2.39. The zero-order chi connectivity index (χ0) is 33.0. The first-order chi connectivity index (χ1) is 22.5. The molecule has 8 nitrogen and oxygen atoms in total. The number of hydrogen-bond acceptors (Lipinski definition) is 6. The fourth-order valence-electron chi connectivity index (χ4n) is 8.28. The first-order valence-electron chi connectivity index (χ1n) is 16.9. The van der Waals surface area contributed by atoms with Crippen molar-refractivity contribution in [3.8, 4) is 11.5 Å². The van der Waals surface area contributed by atoms with Crippen LogP contribution in [0.4, 0.5) is 5.69 Å². The number of nitrogens with zero attached hydrogens (tertiary/aromatic N) is 2. The number of imide groups is 2. The van der Waals surface area contributed by atoms with Crippen LogP contribution in [0.5, 0.6) is 11.5 Å². The van der Waals surface area contributed by atoms with Gasteiger partial charge in [0.1, 0.15) is 11.5 Å². The van der Waals surface area contributed by atoms with Crippen molar-refractivity contribution in [2.45, 2.75) is 84.3 Å². The number of fused-ring (bicyclic) bond motifs is 2. The van der Waals surface area contributed by atoms with Gasteiger partial charge < -0.3 is 9.47 Å². The lowest BCUT2D eigenvalue weighted by Gasteiger charge is -2.46. The van der Waals surface area contributed by atoms with Crippen LogP contribution < -0.4 is 14.4 Å². The number of carbonyl (C=O) groups is 4. The quantitative estimate of drug-likeness (QED) is 0.248. The molecule has 3 aromatic carbocycles. The third-order valence-electron chi connectivity index (χ3n) is 11.2. The van der Waals surface area contributed by atoms with E-state index in [-0.39, 0.29) is 41.3 Å². The third kappa shape index (κ3) is 5.62. The van der Waals surface area contributed by atoms with Crippen LogP contribution in [-0.2, 0) is 0 Å². The Morgan fingerprint density at radius 2 is 1.06 bits per heavy atom. The number of anilines is 1. The molecule has 0 N–H and O–H groups in total. The molecular formula is C39H42N2O6. The highest BCUT2D eigenvalue weighted by atomic mass is 16.5. The predicted molar refractivity (Wildman–Crippen MR) is 178 cm³/mol. The van der Waals surface area contributed by atoms with Crippen molar-refractivity contribution in [3.63, 3.8) is 0 Å². The number of aryl methyl sites for hydroxylation is 1. The average Bonchev–Trinajstić information content (AvgIpc) is 3.44. The Bertz CT molecular complexity index is 1760. The molecule has 4 amide bonds. The summed E-state index contributed by atoms with van der Waals surface area (Å²) in [6.07, 6.45) is 8.42. The third-order valence-corrected chi connectivity index (χ3v) is 11.2. The molecule has 4 aliphatic rings. The van der Waals surface area contributed by atoms with Crippen LogP contribution in [0.15, 0.2) is 60.7 Å². The summed E-state index contributed by atoms with van der Waals surface area (Å²) in [7, 11) is 1.51. The zero-order valence-corrected chi connectivity index (χ0v) is 27.6. The van der Waals surface area contributed by atoms with E-state index in [1.807, 2.05) is 31.2 Å². The normalized spacial score (nSPS) is 24.4. The van der Waals surface area contributed by atoms with Crippen LogP contribution in [0.25, 0.3) is 0 Å². The number of carbonyl (C=O) groups excluding carboxylic acids is 4. The number of rotatable bonds is 7. The van der Waals surface area contributed by atoms with Gasteiger partial charge in [-0.25, -0.2) is 4.90 Å². The topological polar surface area (TPSA) is 93.2 Å². The van der Waals surface area contributed by atoms with E-state index in [0.717, 1.165) is 61.8 Å². The number of benzene rings is 3. The van der Waals surface area contributed by atoms with Gasteiger partial charge in [-0.3, -0.25) is 24.1 Å². The number of ether oxygens (including phenoxy) is 2. The minimum Gasteiger partial charge on any atom is -0.490 e. The monoisotopic (exact) mass is 634 g/mol. The van der Waals surface area contributed by atoms with Gasteiger partial charge in [0.25, 0.3) is 23.6 Å². The van der Waals surface area contributed by atoms with Crippen LogP contribution >= 0.6 is 0 Å². The number of amides is 4. The van der Waals surface area contributed by atoms with Crippen LogP contribution in [0, 0.1) is 24.2 Å². The van der Waals surface area contributed by atoms with Gasteiger partial charge in [0.05, 0.1) is 40.1 Å². The average molecular weight is 635 g/mol. The van der Waals surface area contributed by atoms with Crippen molar-refractivity contribution in [1.29, 1.82) is 0 Å². The molecule has 47 heavy (non-hydrogen) atoms. The van der Waals surface area contributed by atoms with E-state index in [1.54, 1.807) is 36.4 Å². The smallest absolute Gasteiger partial charge is 0.266 e. The summed E-state index contributed by atoms with van der Waals surface area (Å²) in [5.41, 5.74) is 3.46. The van der Waals surface area contributed by atoms with E-state index in [1.165, 1.54) is 11.9 Å². The van der Waals surface area contributed by atoms with Gasteiger partial charge in [0.2, 0.25) is 0 Å².